The van der Waals surface area contributed by atoms with E-state index in [9.17, 15) is 9.59 Å². The first-order chi connectivity index (χ1) is 12.2. The zero-order valence-electron chi connectivity index (χ0n) is 17.0. The topological polar surface area (TPSA) is 43.4 Å². The Hall–Kier alpha value is -0.860. The summed E-state index contributed by atoms with van der Waals surface area (Å²) in [5.74, 6) is 0.256. The van der Waals surface area contributed by atoms with Crippen molar-refractivity contribution in [2.45, 2.75) is 122 Å². The summed E-state index contributed by atoms with van der Waals surface area (Å²) in [7, 11) is 1.46. The van der Waals surface area contributed by atoms with Gasteiger partial charge in [-0.15, -0.1) is 0 Å². The quantitative estimate of drug-likeness (QED) is 0.190. The Bertz CT molecular complexity index is 312. The molecule has 0 aromatic carbocycles. The minimum atomic E-state index is -0.0759. The van der Waals surface area contributed by atoms with E-state index < -0.39 is 0 Å². The van der Waals surface area contributed by atoms with Crippen LogP contribution in [-0.4, -0.2) is 18.9 Å². The van der Waals surface area contributed by atoms with Gasteiger partial charge in [-0.05, 0) is 19.8 Å². The number of ketones is 1. The fourth-order valence-electron chi connectivity index (χ4n) is 3.22. The lowest BCUT2D eigenvalue weighted by molar-refractivity contribution is -0.140. The van der Waals surface area contributed by atoms with Crippen molar-refractivity contribution in [3.05, 3.63) is 0 Å². The SMILES string of the molecule is COC(=O)CCCCCCCCCCCCCCCCCCC(C)=O. The van der Waals surface area contributed by atoms with Crippen molar-refractivity contribution in [1.82, 2.24) is 0 Å². The summed E-state index contributed by atoms with van der Waals surface area (Å²) in [6, 6.07) is 0. The van der Waals surface area contributed by atoms with Gasteiger partial charge in [0.25, 0.3) is 0 Å². The molecule has 0 spiro atoms. The Morgan fingerprint density at radius 2 is 0.800 bits per heavy atom. The smallest absolute Gasteiger partial charge is 0.305 e. The van der Waals surface area contributed by atoms with Gasteiger partial charge in [0.1, 0.15) is 5.78 Å². The number of ether oxygens (including phenoxy) is 1. The maximum Gasteiger partial charge on any atom is 0.305 e. The second-order valence-electron chi connectivity index (χ2n) is 7.44. The molecule has 0 saturated carbocycles. The van der Waals surface area contributed by atoms with Gasteiger partial charge in [0, 0.05) is 12.8 Å². The number of esters is 1. The molecule has 0 aromatic heterocycles. The average Bonchev–Trinajstić information content (AvgIpc) is 2.60. The highest BCUT2D eigenvalue weighted by atomic mass is 16.5. The van der Waals surface area contributed by atoms with E-state index in [-0.39, 0.29) is 5.97 Å². The van der Waals surface area contributed by atoms with Crippen LogP contribution in [0.5, 0.6) is 0 Å². The van der Waals surface area contributed by atoms with Gasteiger partial charge in [-0.2, -0.15) is 0 Å². The molecular formula is C22H42O3. The van der Waals surface area contributed by atoms with Gasteiger partial charge in [-0.3, -0.25) is 4.79 Å². The van der Waals surface area contributed by atoms with E-state index in [1.54, 1.807) is 6.92 Å². The number of unbranched alkanes of at least 4 members (excludes halogenated alkanes) is 15. The third-order valence-electron chi connectivity index (χ3n) is 4.89. The van der Waals surface area contributed by atoms with E-state index in [1.165, 1.54) is 90.6 Å². The molecule has 0 aliphatic carbocycles. The number of carbonyl (C=O) groups excluding carboxylic acids is 2. The molecular weight excluding hydrogens is 312 g/mol. The van der Waals surface area contributed by atoms with Crippen molar-refractivity contribution in [3.8, 4) is 0 Å². The first kappa shape index (κ1) is 24.1. The van der Waals surface area contributed by atoms with E-state index in [0.717, 1.165) is 25.7 Å². The zero-order chi connectivity index (χ0) is 18.6. The Balaban J connectivity index is 3.03. The molecule has 3 heteroatoms. The van der Waals surface area contributed by atoms with Crippen LogP contribution in [0.25, 0.3) is 0 Å². The molecule has 0 radical (unpaired) electrons. The Kier molecular flexibility index (Phi) is 18.8. The van der Waals surface area contributed by atoms with Crippen LogP contribution in [0.2, 0.25) is 0 Å². The van der Waals surface area contributed by atoms with Crippen molar-refractivity contribution in [1.29, 1.82) is 0 Å². The molecule has 0 rings (SSSR count). The van der Waals surface area contributed by atoms with Crippen molar-refractivity contribution >= 4 is 11.8 Å². The number of carbonyl (C=O) groups is 2. The van der Waals surface area contributed by atoms with Crippen molar-refractivity contribution in [3.63, 3.8) is 0 Å². The van der Waals surface area contributed by atoms with Crippen molar-refractivity contribution in [2.24, 2.45) is 0 Å². The molecule has 0 amide bonds. The highest BCUT2D eigenvalue weighted by Crippen LogP contribution is 2.14. The minimum Gasteiger partial charge on any atom is -0.469 e. The summed E-state index contributed by atoms with van der Waals surface area (Å²) in [6.07, 6.45) is 22.0. The molecule has 0 fully saturated rings. The van der Waals surface area contributed by atoms with Crippen LogP contribution < -0.4 is 0 Å². The lowest BCUT2D eigenvalue weighted by atomic mass is 10.0. The van der Waals surface area contributed by atoms with Crippen molar-refractivity contribution < 1.29 is 14.3 Å². The predicted octanol–water partition coefficient (Wildman–Crippen LogP) is 6.77. The van der Waals surface area contributed by atoms with Crippen molar-refractivity contribution in [2.75, 3.05) is 7.11 Å². The highest BCUT2D eigenvalue weighted by molar-refractivity contribution is 5.75. The number of methoxy groups -OCH3 is 1. The maximum absolute atomic E-state index is 11.0. The third kappa shape index (κ3) is 21.1. The minimum absolute atomic E-state index is 0.0759. The normalized spacial score (nSPS) is 10.8. The number of hydrogen-bond acceptors (Lipinski definition) is 3. The molecule has 0 unspecified atom stereocenters. The van der Waals surface area contributed by atoms with E-state index >= 15 is 0 Å². The summed E-state index contributed by atoms with van der Waals surface area (Å²) in [4.78, 5) is 21.8. The number of hydrogen-bond donors (Lipinski definition) is 0. The summed E-state index contributed by atoms with van der Waals surface area (Å²) in [5, 5.41) is 0. The number of rotatable bonds is 19. The molecule has 0 atom stereocenters. The Morgan fingerprint density at radius 1 is 0.520 bits per heavy atom. The van der Waals surface area contributed by atoms with Gasteiger partial charge in [-0.25, -0.2) is 0 Å². The second-order valence-corrected chi connectivity index (χ2v) is 7.44. The van der Waals surface area contributed by atoms with E-state index in [1.807, 2.05) is 0 Å². The summed E-state index contributed by atoms with van der Waals surface area (Å²) in [5.41, 5.74) is 0. The Labute approximate surface area is 156 Å². The molecule has 0 aliphatic heterocycles. The van der Waals surface area contributed by atoms with Crippen LogP contribution in [0.1, 0.15) is 122 Å². The molecule has 25 heavy (non-hydrogen) atoms. The lowest BCUT2D eigenvalue weighted by Crippen LogP contribution is -1.99. The van der Waals surface area contributed by atoms with Gasteiger partial charge in [0.15, 0.2) is 0 Å². The number of Topliss-reactive ketones (excluding diaryl/α,β-unsaturated/α-hetero) is 1. The molecule has 0 N–H and O–H groups in total. The third-order valence-corrected chi connectivity index (χ3v) is 4.89. The summed E-state index contributed by atoms with van der Waals surface area (Å²) < 4.78 is 4.64. The van der Waals surface area contributed by atoms with Gasteiger partial charge < -0.3 is 9.53 Å². The van der Waals surface area contributed by atoms with E-state index in [2.05, 4.69) is 4.74 Å². The lowest BCUT2D eigenvalue weighted by Gasteiger charge is -2.03. The second kappa shape index (κ2) is 19.5. The molecule has 148 valence electrons. The summed E-state index contributed by atoms with van der Waals surface area (Å²) in [6.45, 7) is 1.69. The first-order valence-electron chi connectivity index (χ1n) is 10.7. The predicted molar refractivity (Wildman–Crippen MR) is 106 cm³/mol. The maximum atomic E-state index is 11.0. The average molecular weight is 355 g/mol. The summed E-state index contributed by atoms with van der Waals surface area (Å²) >= 11 is 0. The van der Waals surface area contributed by atoms with Crippen LogP contribution in [0.4, 0.5) is 0 Å². The monoisotopic (exact) mass is 354 g/mol. The van der Waals surface area contributed by atoms with Gasteiger partial charge in [-0.1, -0.05) is 89.9 Å². The molecule has 0 saturated heterocycles. The molecule has 3 nitrogen and oxygen atoms in total. The zero-order valence-corrected chi connectivity index (χ0v) is 17.0. The fourth-order valence-corrected chi connectivity index (χ4v) is 3.22. The molecule has 0 aliphatic rings. The van der Waals surface area contributed by atoms with Gasteiger partial charge in [0.05, 0.1) is 7.11 Å². The van der Waals surface area contributed by atoms with E-state index in [4.69, 9.17) is 0 Å². The van der Waals surface area contributed by atoms with Crippen LogP contribution in [-0.2, 0) is 14.3 Å². The molecule has 0 aromatic rings. The largest absolute Gasteiger partial charge is 0.469 e. The Morgan fingerprint density at radius 3 is 1.08 bits per heavy atom. The van der Waals surface area contributed by atoms with E-state index in [0.29, 0.717) is 12.2 Å². The van der Waals surface area contributed by atoms with Crippen LogP contribution in [0, 0.1) is 0 Å². The molecule has 0 heterocycles. The van der Waals surface area contributed by atoms with Gasteiger partial charge in [0.2, 0.25) is 0 Å². The van der Waals surface area contributed by atoms with Crippen LogP contribution in [0.15, 0.2) is 0 Å². The standard InChI is InChI=1S/C22H42O3/c1-21(23)19-17-15-13-11-9-7-5-3-4-6-8-10-12-14-16-18-20-22(24)25-2/h3-20H2,1-2H3. The molecule has 0 bridgehead atoms. The first-order valence-corrected chi connectivity index (χ1v) is 10.7. The van der Waals surface area contributed by atoms with Gasteiger partial charge >= 0.3 is 5.97 Å². The van der Waals surface area contributed by atoms with Crippen LogP contribution >= 0.6 is 0 Å². The van der Waals surface area contributed by atoms with Crippen LogP contribution in [0.3, 0.4) is 0 Å². The highest BCUT2D eigenvalue weighted by Gasteiger charge is 1.99. The fraction of sp³-hybridized carbons (Fsp3) is 0.909.